The highest BCUT2D eigenvalue weighted by molar-refractivity contribution is 6.11. The molecule has 1 unspecified atom stereocenters. The van der Waals surface area contributed by atoms with Crippen molar-refractivity contribution in [2.75, 3.05) is 6.54 Å². The molecule has 1 saturated heterocycles. The first-order valence-corrected chi connectivity index (χ1v) is 6.72. The lowest BCUT2D eigenvalue weighted by atomic mass is 10.2. The average Bonchev–Trinajstić information content (AvgIpc) is 3.08. The average molecular weight is 286 g/mol. The maximum atomic E-state index is 11.8. The van der Waals surface area contributed by atoms with Crippen molar-refractivity contribution in [2.24, 2.45) is 4.99 Å². The number of aliphatic carboxylic acids is 1. The first-order valence-electron chi connectivity index (χ1n) is 6.72. The Hall–Kier alpha value is -2.63. The van der Waals surface area contributed by atoms with Gasteiger partial charge in [-0.2, -0.15) is 0 Å². The van der Waals surface area contributed by atoms with Crippen LogP contribution in [-0.4, -0.2) is 40.4 Å². The Morgan fingerprint density at radius 1 is 1.38 bits per heavy atom. The van der Waals surface area contributed by atoms with Gasteiger partial charge in [-0.3, -0.25) is 0 Å². The van der Waals surface area contributed by atoms with Gasteiger partial charge in [-0.15, -0.1) is 0 Å². The van der Waals surface area contributed by atoms with Crippen molar-refractivity contribution in [3.05, 3.63) is 47.8 Å². The monoisotopic (exact) mass is 286 g/mol. The van der Waals surface area contributed by atoms with Crippen LogP contribution in [0.4, 0.5) is 0 Å². The summed E-state index contributed by atoms with van der Waals surface area (Å²) in [6.07, 6.45) is 2.85. The molecule has 1 atom stereocenters. The highest BCUT2D eigenvalue weighted by atomic mass is 16.6. The summed E-state index contributed by atoms with van der Waals surface area (Å²) in [6, 6.07) is 8.51. The number of ether oxygens (including phenoxy) is 1. The number of hydrogen-bond donors (Lipinski definition) is 1. The number of hydrogen-bond acceptors (Lipinski definition) is 5. The molecule has 6 nitrogen and oxygen atoms in total. The molecule has 0 spiro atoms. The van der Waals surface area contributed by atoms with Gasteiger partial charge in [0.15, 0.2) is 5.70 Å². The summed E-state index contributed by atoms with van der Waals surface area (Å²) in [4.78, 5) is 28.8. The quantitative estimate of drug-likeness (QED) is 0.671. The molecule has 0 saturated carbocycles. The molecule has 0 aromatic heterocycles. The molecule has 2 aliphatic rings. The van der Waals surface area contributed by atoms with Crippen LogP contribution in [0.2, 0.25) is 0 Å². The summed E-state index contributed by atoms with van der Waals surface area (Å²) in [5.41, 5.74) is 0.854. The van der Waals surface area contributed by atoms with Crippen molar-refractivity contribution >= 4 is 17.8 Å². The summed E-state index contributed by atoms with van der Waals surface area (Å²) in [5.74, 6) is -1.19. The summed E-state index contributed by atoms with van der Waals surface area (Å²) >= 11 is 0. The number of esters is 1. The van der Waals surface area contributed by atoms with Gasteiger partial charge in [0.2, 0.25) is 5.90 Å². The Morgan fingerprint density at radius 2 is 2.14 bits per heavy atom. The molecular weight excluding hydrogens is 272 g/mol. The maximum Gasteiger partial charge on any atom is 0.365 e. The number of carbonyl (C=O) groups excluding carboxylic acids is 1. The van der Waals surface area contributed by atoms with Gasteiger partial charge in [-0.25, -0.2) is 14.6 Å². The van der Waals surface area contributed by atoms with Crippen LogP contribution in [0, 0.1) is 0 Å². The zero-order valence-electron chi connectivity index (χ0n) is 11.2. The highest BCUT2D eigenvalue weighted by Gasteiger charge is 2.31. The van der Waals surface area contributed by atoms with Crippen LogP contribution >= 0.6 is 0 Å². The molecule has 0 aliphatic carbocycles. The third kappa shape index (κ3) is 2.65. The SMILES string of the molecule is O=C1OC(c2ccccc2)=N/C1=C\N1CCCC1C(=O)O. The Kier molecular flexibility index (Phi) is 3.43. The number of carboxylic acid groups (broad SMARTS) is 1. The number of cyclic esters (lactones) is 1. The molecule has 6 heteroatoms. The van der Waals surface area contributed by atoms with Crippen LogP contribution in [0.15, 0.2) is 47.2 Å². The Morgan fingerprint density at radius 3 is 2.86 bits per heavy atom. The number of likely N-dealkylation sites (tertiary alicyclic amines) is 1. The Balaban J connectivity index is 1.85. The minimum atomic E-state index is -0.886. The zero-order chi connectivity index (χ0) is 14.8. The van der Waals surface area contributed by atoms with Crippen LogP contribution < -0.4 is 0 Å². The van der Waals surface area contributed by atoms with Crippen molar-refractivity contribution in [1.29, 1.82) is 0 Å². The fourth-order valence-electron chi connectivity index (χ4n) is 2.47. The predicted octanol–water partition coefficient (Wildman–Crippen LogP) is 1.38. The number of rotatable bonds is 3. The van der Waals surface area contributed by atoms with Gasteiger partial charge in [0.05, 0.1) is 0 Å². The zero-order valence-corrected chi connectivity index (χ0v) is 11.2. The molecule has 108 valence electrons. The van der Waals surface area contributed by atoms with Crippen molar-refractivity contribution in [2.45, 2.75) is 18.9 Å². The maximum absolute atomic E-state index is 11.8. The van der Waals surface area contributed by atoms with E-state index in [1.807, 2.05) is 18.2 Å². The van der Waals surface area contributed by atoms with Crippen molar-refractivity contribution < 1.29 is 19.4 Å². The van der Waals surface area contributed by atoms with Gasteiger partial charge >= 0.3 is 11.9 Å². The lowest BCUT2D eigenvalue weighted by Gasteiger charge is -2.18. The van der Waals surface area contributed by atoms with Gasteiger partial charge < -0.3 is 14.7 Å². The topological polar surface area (TPSA) is 79.2 Å². The fraction of sp³-hybridized carbons (Fsp3) is 0.267. The molecule has 2 heterocycles. The van der Waals surface area contributed by atoms with E-state index >= 15 is 0 Å². The van der Waals surface area contributed by atoms with Crippen molar-refractivity contribution in [3.8, 4) is 0 Å². The lowest BCUT2D eigenvalue weighted by molar-refractivity contribution is -0.141. The number of aliphatic imine (C=N–C) groups is 1. The molecular formula is C15H14N2O4. The highest BCUT2D eigenvalue weighted by Crippen LogP contribution is 2.22. The van der Waals surface area contributed by atoms with E-state index < -0.39 is 18.0 Å². The second-order valence-electron chi connectivity index (χ2n) is 4.92. The van der Waals surface area contributed by atoms with Gasteiger partial charge in [0, 0.05) is 18.3 Å². The largest absolute Gasteiger partial charge is 0.480 e. The van der Waals surface area contributed by atoms with E-state index in [1.165, 1.54) is 6.20 Å². The van der Waals surface area contributed by atoms with Gasteiger partial charge in [-0.05, 0) is 25.0 Å². The molecule has 1 fully saturated rings. The van der Waals surface area contributed by atoms with Gasteiger partial charge in [0.1, 0.15) is 6.04 Å². The van der Waals surface area contributed by atoms with Crippen LogP contribution in [-0.2, 0) is 14.3 Å². The number of carbonyl (C=O) groups is 2. The minimum Gasteiger partial charge on any atom is -0.480 e. The number of nitrogens with zero attached hydrogens (tertiary/aromatic N) is 2. The molecule has 2 aliphatic heterocycles. The van der Waals surface area contributed by atoms with E-state index in [0.29, 0.717) is 18.5 Å². The van der Waals surface area contributed by atoms with E-state index in [0.717, 1.165) is 6.42 Å². The predicted molar refractivity (Wildman–Crippen MR) is 74.5 cm³/mol. The summed E-state index contributed by atoms with van der Waals surface area (Å²) < 4.78 is 5.13. The fourth-order valence-corrected chi connectivity index (χ4v) is 2.47. The van der Waals surface area contributed by atoms with E-state index in [1.54, 1.807) is 17.0 Å². The summed E-state index contributed by atoms with van der Waals surface area (Å²) in [7, 11) is 0. The molecule has 1 aromatic rings. The molecule has 1 N–H and O–H groups in total. The van der Waals surface area contributed by atoms with Crippen LogP contribution in [0.25, 0.3) is 0 Å². The molecule has 0 radical (unpaired) electrons. The second kappa shape index (κ2) is 5.40. The van der Waals surface area contributed by atoms with E-state index in [9.17, 15) is 9.59 Å². The minimum absolute atomic E-state index is 0.141. The standard InChI is InChI=1S/C15H14N2O4/c18-14(19)12-7-4-8-17(12)9-11-15(20)21-13(16-11)10-5-2-1-3-6-10/h1-3,5-6,9,12H,4,7-8H2,(H,18,19)/b11-9-. The van der Waals surface area contributed by atoms with Gasteiger partial charge in [0.25, 0.3) is 0 Å². The van der Waals surface area contributed by atoms with Crippen molar-refractivity contribution in [1.82, 2.24) is 4.90 Å². The van der Waals surface area contributed by atoms with Crippen LogP contribution in [0.1, 0.15) is 18.4 Å². The number of benzene rings is 1. The molecule has 21 heavy (non-hydrogen) atoms. The third-order valence-corrected chi connectivity index (χ3v) is 3.51. The van der Waals surface area contributed by atoms with Gasteiger partial charge in [-0.1, -0.05) is 18.2 Å². The number of carboxylic acids is 1. The molecule has 1 aromatic carbocycles. The van der Waals surface area contributed by atoms with E-state index in [-0.39, 0.29) is 11.6 Å². The summed E-state index contributed by atoms with van der Waals surface area (Å²) in [6.45, 7) is 0.601. The third-order valence-electron chi connectivity index (χ3n) is 3.51. The molecule has 0 bridgehead atoms. The molecule has 3 rings (SSSR count). The Bertz CT molecular complexity index is 636. The second-order valence-corrected chi connectivity index (χ2v) is 4.92. The first kappa shape index (κ1) is 13.4. The molecule has 0 amide bonds. The Labute approximate surface area is 121 Å². The smallest absolute Gasteiger partial charge is 0.365 e. The van der Waals surface area contributed by atoms with E-state index in [2.05, 4.69) is 4.99 Å². The lowest BCUT2D eigenvalue weighted by Crippen LogP contribution is -2.32. The van der Waals surface area contributed by atoms with Crippen molar-refractivity contribution in [3.63, 3.8) is 0 Å². The van der Waals surface area contributed by atoms with Crippen LogP contribution in [0.5, 0.6) is 0 Å². The first-order chi connectivity index (χ1) is 10.1. The summed E-state index contributed by atoms with van der Waals surface area (Å²) in [5, 5.41) is 9.13. The normalized spacial score (nSPS) is 23.3. The van der Waals surface area contributed by atoms with E-state index in [4.69, 9.17) is 9.84 Å². The van der Waals surface area contributed by atoms with Crippen LogP contribution in [0.3, 0.4) is 0 Å².